The highest BCUT2D eigenvalue weighted by Crippen LogP contribution is 2.39. The van der Waals surface area contributed by atoms with E-state index in [1.807, 2.05) is 0 Å². The van der Waals surface area contributed by atoms with Gasteiger partial charge in [-0.3, -0.25) is 4.79 Å². The van der Waals surface area contributed by atoms with Crippen LogP contribution in [0.2, 0.25) is 0 Å². The van der Waals surface area contributed by atoms with Gasteiger partial charge in [0.25, 0.3) is 5.92 Å². The van der Waals surface area contributed by atoms with Crippen LogP contribution < -0.4 is 5.73 Å². The Labute approximate surface area is 98.6 Å². The molecule has 0 bridgehead atoms. The molecule has 0 heterocycles. The molecule has 1 aromatic carbocycles. The lowest BCUT2D eigenvalue weighted by atomic mass is 9.75. The van der Waals surface area contributed by atoms with Crippen LogP contribution in [0.15, 0.2) is 30.3 Å². The average Bonchev–Trinajstić information content (AvgIpc) is 2.30. The lowest BCUT2D eigenvalue weighted by molar-refractivity contribution is -0.163. The monoisotopic (exact) mass is 243 g/mol. The molecular weight excluding hydrogens is 228 g/mol. The van der Waals surface area contributed by atoms with Crippen LogP contribution >= 0.6 is 0 Å². The van der Waals surface area contributed by atoms with E-state index < -0.39 is 23.9 Å². The first-order chi connectivity index (χ1) is 7.90. The van der Waals surface area contributed by atoms with Gasteiger partial charge in [0.2, 0.25) is 0 Å². The van der Waals surface area contributed by atoms with Crippen LogP contribution in [0.4, 0.5) is 8.78 Å². The fourth-order valence-corrected chi connectivity index (χ4v) is 1.83. The zero-order valence-electron chi connectivity index (χ0n) is 9.74. The molecule has 0 aliphatic heterocycles. The predicted molar refractivity (Wildman–Crippen MR) is 59.8 cm³/mol. The molecular formula is C12H15F2NO2. The number of methoxy groups -OCH3 is 1. The van der Waals surface area contributed by atoms with Gasteiger partial charge < -0.3 is 10.5 Å². The number of nitrogens with two attached hydrogens (primary N) is 1. The lowest BCUT2D eigenvalue weighted by Crippen LogP contribution is -2.55. The van der Waals surface area contributed by atoms with Gasteiger partial charge >= 0.3 is 5.97 Å². The number of ether oxygens (including phenoxy) is 1. The summed E-state index contributed by atoms with van der Waals surface area (Å²) in [4.78, 5) is 11.7. The van der Waals surface area contributed by atoms with Crippen molar-refractivity contribution in [1.29, 1.82) is 0 Å². The molecule has 1 rings (SSSR count). The molecule has 0 saturated carbocycles. The molecule has 0 aliphatic carbocycles. The van der Waals surface area contributed by atoms with Crippen molar-refractivity contribution in [2.24, 2.45) is 5.73 Å². The molecule has 0 aromatic heterocycles. The van der Waals surface area contributed by atoms with Crippen molar-refractivity contribution in [1.82, 2.24) is 0 Å². The van der Waals surface area contributed by atoms with Crippen molar-refractivity contribution in [2.45, 2.75) is 18.3 Å². The van der Waals surface area contributed by atoms with Gasteiger partial charge in [-0.1, -0.05) is 30.3 Å². The van der Waals surface area contributed by atoms with E-state index >= 15 is 0 Å². The maximum absolute atomic E-state index is 13.8. The van der Waals surface area contributed by atoms with Gasteiger partial charge in [0, 0.05) is 13.5 Å². The molecule has 1 atom stereocenters. The lowest BCUT2D eigenvalue weighted by Gasteiger charge is -2.35. The van der Waals surface area contributed by atoms with Crippen LogP contribution in [0, 0.1) is 0 Å². The zero-order chi connectivity index (χ0) is 13.1. The molecule has 17 heavy (non-hydrogen) atoms. The Morgan fingerprint density at radius 2 is 1.88 bits per heavy atom. The summed E-state index contributed by atoms with van der Waals surface area (Å²) in [5.41, 5.74) is 3.44. The summed E-state index contributed by atoms with van der Waals surface area (Å²) in [7, 11) is 1.07. The van der Waals surface area contributed by atoms with E-state index in [-0.39, 0.29) is 5.56 Å². The van der Waals surface area contributed by atoms with E-state index in [1.54, 1.807) is 18.2 Å². The van der Waals surface area contributed by atoms with Gasteiger partial charge in [0.1, 0.15) is 0 Å². The maximum atomic E-state index is 13.8. The summed E-state index contributed by atoms with van der Waals surface area (Å²) in [6, 6.07) is 7.72. The number of esters is 1. The number of hydrogen-bond acceptors (Lipinski definition) is 3. The first kappa shape index (κ1) is 13.6. The third-order valence-corrected chi connectivity index (χ3v) is 2.86. The van der Waals surface area contributed by atoms with Gasteiger partial charge in [-0.2, -0.15) is 0 Å². The van der Waals surface area contributed by atoms with E-state index in [9.17, 15) is 13.6 Å². The van der Waals surface area contributed by atoms with Crippen molar-refractivity contribution in [3.8, 4) is 0 Å². The van der Waals surface area contributed by atoms with Gasteiger partial charge in [-0.15, -0.1) is 0 Å². The van der Waals surface area contributed by atoms with Crippen LogP contribution in [0.3, 0.4) is 0 Å². The van der Waals surface area contributed by atoms with Gasteiger partial charge in [0.15, 0.2) is 5.41 Å². The number of hydrogen-bond donors (Lipinski definition) is 1. The Balaban J connectivity index is 3.43. The fourth-order valence-electron chi connectivity index (χ4n) is 1.83. The largest absolute Gasteiger partial charge is 0.468 e. The molecule has 1 aromatic rings. The van der Waals surface area contributed by atoms with Gasteiger partial charge in [-0.25, -0.2) is 8.78 Å². The SMILES string of the molecule is COC(=O)C(CN)(c1ccccc1)C(C)(F)F. The van der Waals surface area contributed by atoms with E-state index in [0.29, 0.717) is 6.92 Å². The van der Waals surface area contributed by atoms with E-state index in [0.717, 1.165) is 7.11 Å². The normalized spacial score (nSPS) is 15.1. The molecule has 0 amide bonds. The van der Waals surface area contributed by atoms with E-state index in [2.05, 4.69) is 4.74 Å². The summed E-state index contributed by atoms with van der Waals surface area (Å²) >= 11 is 0. The average molecular weight is 243 g/mol. The highest BCUT2D eigenvalue weighted by molar-refractivity contribution is 5.85. The highest BCUT2D eigenvalue weighted by Gasteiger charge is 2.57. The van der Waals surface area contributed by atoms with Crippen molar-refractivity contribution in [2.75, 3.05) is 13.7 Å². The second-order valence-corrected chi connectivity index (χ2v) is 3.86. The van der Waals surface area contributed by atoms with Crippen LogP contribution in [0.5, 0.6) is 0 Å². The fraction of sp³-hybridized carbons (Fsp3) is 0.417. The molecule has 0 saturated heterocycles. The minimum atomic E-state index is -3.31. The van der Waals surface area contributed by atoms with Gasteiger partial charge in [-0.05, 0) is 5.56 Å². The zero-order valence-corrected chi connectivity index (χ0v) is 9.74. The van der Waals surface area contributed by atoms with Crippen LogP contribution in [0.25, 0.3) is 0 Å². The summed E-state index contributed by atoms with van der Waals surface area (Å²) in [5, 5.41) is 0. The first-order valence-electron chi connectivity index (χ1n) is 5.12. The standard InChI is InChI=1S/C12H15F2NO2/c1-11(13,14)12(8-15,10(16)17-2)9-6-4-3-5-7-9/h3-7H,8,15H2,1-2H3. The Kier molecular flexibility index (Phi) is 3.83. The second kappa shape index (κ2) is 4.79. The Hall–Kier alpha value is -1.49. The molecule has 5 heteroatoms. The molecule has 1 unspecified atom stereocenters. The van der Waals surface area contributed by atoms with Crippen molar-refractivity contribution in [3.63, 3.8) is 0 Å². The van der Waals surface area contributed by atoms with Crippen LogP contribution in [0.1, 0.15) is 12.5 Å². The van der Waals surface area contributed by atoms with Crippen LogP contribution in [-0.4, -0.2) is 25.5 Å². The number of alkyl halides is 2. The minimum absolute atomic E-state index is 0.154. The third-order valence-electron chi connectivity index (χ3n) is 2.86. The summed E-state index contributed by atoms with van der Waals surface area (Å²) < 4.78 is 32.1. The molecule has 0 radical (unpaired) electrons. The molecule has 2 N–H and O–H groups in total. The number of rotatable bonds is 4. The molecule has 94 valence electrons. The molecule has 3 nitrogen and oxygen atoms in total. The predicted octanol–water partition coefficient (Wildman–Crippen LogP) is 1.71. The van der Waals surface area contributed by atoms with E-state index in [1.165, 1.54) is 12.1 Å². The number of carbonyl (C=O) groups is 1. The molecule has 0 spiro atoms. The second-order valence-electron chi connectivity index (χ2n) is 3.86. The van der Waals surface area contributed by atoms with Crippen molar-refractivity contribution < 1.29 is 18.3 Å². The maximum Gasteiger partial charge on any atom is 0.323 e. The minimum Gasteiger partial charge on any atom is -0.468 e. The number of halogens is 2. The molecule has 0 fully saturated rings. The van der Waals surface area contributed by atoms with Crippen LogP contribution in [-0.2, 0) is 14.9 Å². The Morgan fingerprint density at radius 1 is 1.35 bits per heavy atom. The Bertz CT molecular complexity index is 389. The summed E-state index contributed by atoms with van der Waals surface area (Å²) in [5.74, 6) is -4.34. The summed E-state index contributed by atoms with van der Waals surface area (Å²) in [6.07, 6.45) is 0. The van der Waals surface area contributed by atoms with Crippen molar-refractivity contribution in [3.05, 3.63) is 35.9 Å². The topological polar surface area (TPSA) is 52.3 Å². The highest BCUT2D eigenvalue weighted by atomic mass is 19.3. The van der Waals surface area contributed by atoms with Crippen molar-refractivity contribution >= 4 is 5.97 Å². The Morgan fingerprint density at radius 3 is 2.24 bits per heavy atom. The number of carbonyl (C=O) groups excluding carboxylic acids is 1. The molecule has 0 aliphatic rings. The van der Waals surface area contributed by atoms with E-state index in [4.69, 9.17) is 5.73 Å². The smallest absolute Gasteiger partial charge is 0.323 e. The number of benzene rings is 1. The summed E-state index contributed by atoms with van der Waals surface area (Å²) in [6.45, 7) is 0.150. The third kappa shape index (κ3) is 2.15. The van der Waals surface area contributed by atoms with Gasteiger partial charge in [0.05, 0.1) is 7.11 Å². The first-order valence-corrected chi connectivity index (χ1v) is 5.12. The quantitative estimate of drug-likeness (QED) is 0.819.